The third kappa shape index (κ3) is 5.70. The summed E-state index contributed by atoms with van der Waals surface area (Å²) in [6.45, 7) is 4.61. The number of carboxylic acid groups (broad SMARTS) is 1. The monoisotopic (exact) mass is 447 g/mol. The maximum absolute atomic E-state index is 13.9. The van der Waals surface area contributed by atoms with Crippen LogP contribution < -0.4 is 0 Å². The molecular formula is C20H25F4N3O4. The van der Waals surface area contributed by atoms with Gasteiger partial charge in [-0.05, 0) is 37.7 Å². The quantitative estimate of drug-likeness (QED) is 0.718. The largest absolute Gasteiger partial charge is 0.490 e. The first-order valence-corrected chi connectivity index (χ1v) is 10.2. The van der Waals surface area contributed by atoms with E-state index in [1.54, 1.807) is 0 Å². The Morgan fingerprint density at radius 3 is 2.39 bits per heavy atom. The Morgan fingerprint density at radius 2 is 1.77 bits per heavy atom. The van der Waals surface area contributed by atoms with Gasteiger partial charge in [0, 0.05) is 51.1 Å². The summed E-state index contributed by atoms with van der Waals surface area (Å²) in [6, 6.07) is 2.14. The minimum atomic E-state index is -5.08. The Bertz CT molecular complexity index is 786. The molecule has 2 atom stereocenters. The fourth-order valence-corrected chi connectivity index (χ4v) is 4.52. The van der Waals surface area contributed by atoms with E-state index < -0.39 is 18.0 Å². The molecule has 3 aliphatic rings. The molecule has 0 spiro atoms. The number of amides is 1. The highest BCUT2D eigenvalue weighted by Gasteiger charge is 2.45. The van der Waals surface area contributed by atoms with Crippen LogP contribution in [0.15, 0.2) is 18.5 Å². The molecule has 7 nitrogen and oxygen atoms in total. The molecule has 3 fully saturated rings. The maximum Gasteiger partial charge on any atom is 0.490 e. The van der Waals surface area contributed by atoms with E-state index in [1.807, 2.05) is 4.90 Å². The van der Waals surface area contributed by atoms with E-state index in [0.29, 0.717) is 12.0 Å². The minimum Gasteiger partial charge on any atom is -0.475 e. The first-order chi connectivity index (χ1) is 14.7. The summed E-state index contributed by atoms with van der Waals surface area (Å²) in [5, 5.41) is 7.12. The first kappa shape index (κ1) is 23.4. The van der Waals surface area contributed by atoms with Crippen LogP contribution >= 0.6 is 0 Å². The molecule has 3 saturated heterocycles. The molecule has 0 bridgehead atoms. The zero-order chi connectivity index (χ0) is 22.6. The number of carbonyl (C=O) groups excluding carboxylic acids is 1. The van der Waals surface area contributed by atoms with Crippen LogP contribution in [-0.4, -0.2) is 82.9 Å². The van der Waals surface area contributed by atoms with Crippen LogP contribution in [0.3, 0.4) is 0 Å². The van der Waals surface area contributed by atoms with Crippen molar-refractivity contribution < 1.29 is 37.0 Å². The number of carbonyl (C=O) groups is 2. The molecule has 0 unspecified atom stereocenters. The number of carboxylic acids is 1. The second-order valence-corrected chi connectivity index (χ2v) is 7.92. The molecule has 4 rings (SSSR count). The number of ether oxygens (including phenoxy) is 1. The van der Waals surface area contributed by atoms with E-state index in [4.69, 9.17) is 14.6 Å². The Kier molecular flexibility index (Phi) is 7.47. The van der Waals surface area contributed by atoms with Crippen molar-refractivity contribution in [3.05, 3.63) is 29.8 Å². The lowest BCUT2D eigenvalue weighted by Gasteiger charge is -2.30. The lowest BCUT2D eigenvalue weighted by molar-refractivity contribution is -0.192. The zero-order valence-corrected chi connectivity index (χ0v) is 16.9. The Morgan fingerprint density at radius 1 is 1.13 bits per heavy atom. The van der Waals surface area contributed by atoms with Crippen molar-refractivity contribution in [3.8, 4) is 0 Å². The number of halogens is 4. The number of likely N-dealkylation sites (tertiary alicyclic amines) is 2. The van der Waals surface area contributed by atoms with Crippen molar-refractivity contribution in [1.29, 1.82) is 0 Å². The molecule has 31 heavy (non-hydrogen) atoms. The van der Waals surface area contributed by atoms with Gasteiger partial charge in [-0.3, -0.25) is 14.7 Å². The van der Waals surface area contributed by atoms with Gasteiger partial charge in [-0.25, -0.2) is 9.18 Å². The SMILES string of the molecule is O=C(O)C(F)(F)F.O=C(c1ccncc1F)N1CC[C@H]2[C@@H]1CCN2CC1CCOCC1. The fourth-order valence-electron chi connectivity index (χ4n) is 4.52. The number of alkyl halides is 3. The van der Waals surface area contributed by atoms with E-state index in [9.17, 15) is 22.4 Å². The highest BCUT2D eigenvalue weighted by molar-refractivity contribution is 5.94. The number of aliphatic carboxylic acids is 1. The van der Waals surface area contributed by atoms with Gasteiger partial charge in [0.05, 0.1) is 11.8 Å². The smallest absolute Gasteiger partial charge is 0.475 e. The summed E-state index contributed by atoms with van der Waals surface area (Å²) in [5.74, 6) is -2.76. The molecule has 3 aliphatic heterocycles. The van der Waals surface area contributed by atoms with Crippen molar-refractivity contribution in [2.45, 2.75) is 43.9 Å². The standard InChI is InChI=1S/C18H24FN3O2.C2HF3O2/c19-15-11-20-6-1-14(15)18(23)22-8-3-16-17(22)2-7-21(16)12-13-4-9-24-10-5-13;3-2(4,5)1(6)7/h1,6,11,13,16-17H,2-5,7-10,12H2;(H,6,7)/t16-,17-;/m0./s1. The molecule has 1 aromatic rings. The third-order valence-corrected chi connectivity index (χ3v) is 6.03. The normalized spacial score (nSPS) is 24.5. The molecule has 1 aromatic heterocycles. The molecule has 1 N–H and O–H groups in total. The summed E-state index contributed by atoms with van der Waals surface area (Å²) in [6.07, 6.45) is 1.78. The number of rotatable bonds is 3. The van der Waals surface area contributed by atoms with Gasteiger partial charge < -0.3 is 14.7 Å². The molecule has 11 heteroatoms. The second-order valence-electron chi connectivity index (χ2n) is 7.92. The second kappa shape index (κ2) is 9.90. The van der Waals surface area contributed by atoms with Crippen LogP contribution in [0.1, 0.15) is 36.0 Å². The van der Waals surface area contributed by atoms with Crippen LogP contribution in [0.2, 0.25) is 0 Å². The van der Waals surface area contributed by atoms with Gasteiger partial charge in [-0.2, -0.15) is 13.2 Å². The summed E-state index contributed by atoms with van der Waals surface area (Å²) in [7, 11) is 0. The number of pyridine rings is 1. The molecule has 0 aliphatic carbocycles. The van der Waals surface area contributed by atoms with Gasteiger partial charge in [0.2, 0.25) is 0 Å². The minimum absolute atomic E-state index is 0.147. The van der Waals surface area contributed by atoms with Crippen molar-refractivity contribution in [1.82, 2.24) is 14.8 Å². The van der Waals surface area contributed by atoms with Crippen LogP contribution in [0.4, 0.5) is 17.6 Å². The van der Waals surface area contributed by atoms with E-state index in [-0.39, 0.29) is 17.5 Å². The van der Waals surface area contributed by atoms with Gasteiger partial charge in [0.1, 0.15) is 0 Å². The molecular weight excluding hydrogens is 422 g/mol. The molecule has 1 amide bonds. The molecule has 172 valence electrons. The number of hydrogen-bond acceptors (Lipinski definition) is 5. The highest BCUT2D eigenvalue weighted by atomic mass is 19.4. The van der Waals surface area contributed by atoms with E-state index in [2.05, 4.69) is 9.88 Å². The summed E-state index contributed by atoms with van der Waals surface area (Å²) < 4.78 is 51.1. The molecule has 4 heterocycles. The first-order valence-electron chi connectivity index (χ1n) is 10.2. The van der Waals surface area contributed by atoms with Gasteiger partial charge in [-0.15, -0.1) is 0 Å². The lowest BCUT2D eigenvalue weighted by atomic mass is 9.99. The van der Waals surface area contributed by atoms with Gasteiger partial charge >= 0.3 is 12.1 Å². The van der Waals surface area contributed by atoms with Crippen LogP contribution in [0.5, 0.6) is 0 Å². The average Bonchev–Trinajstić information content (AvgIpc) is 3.31. The van der Waals surface area contributed by atoms with Gasteiger partial charge in [-0.1, -0.05) is 0 Å². The Hall–Kier alpha value is -2.27. The molecule has 0 radical (unpaired) electrons. The summed E-state index contributed by atoms with van der Waals surface area (Å²) in [5.41, 5.74) is 0.147. The number of hydrogen-bond donors (Lipinski definition) is 1. The van der Waals surface area contributed by atoms with E-state index in [0.717, 1.165) is 64.7 Å². The van der Waals surface area contributed by atoms with Crippen LogP contribution in [0, 0.1) is 11.7 Å². The Labute approximate surface area is 177 Å². The predicted molar refractivity (Wildman–Crippen MR) is 101 cm³/mol. The number of aromatic nitrogens is 1. The topological polar surface area (TPSA) is 83.0 Å². The van der Waals surface area contributed by atoms with Crippen LogP contribution in [-0.2, 0) is 9.53 Å². The van der Waals surface area contributed by atoms with E-state index >= 15 is 0 Å². The van der Waals surface area contributed by atoms with Crippen LogP contribution in [0.25, 0.3) is 0 Å². The summed E-state index contributed by atoms with van der Waals surface area (Å²) >= 11 is 0. The number of fused-ring (bicyclic) bond motifs is 1. The predicted octanol–water partition coefficient (Wildman–Crippen LogP) is 2.57. The highest BCUT2D eigenvalue weighted by Crippen LogP contribution is 2.34. The summed E-state index contributed by atoms with van der Waals surface area (Å²) in [4.78, 5) is 29.8. The third-order valence-electron chi connectivity index (χ3n) is 6.03. The fraction of sp³-hybridized carbons (Fsp3) is 0.650. The molecule has 0 saturated carbocycles. The zero-order valence-electron chi connectivity index (χ0n) is 16.9. The van der Waals surface area contributed by atoms with Crippen molar-refractivity contribution in [3.63, 3.8) is 0 Å². The van der Waals surface area contributed by atoms with Crippen molar-refractivity contribution >= 4 is 11.9 Å². The average molecular weight is 447 g/mol. The van der Waals surface area contributed by atoms with Gasteiger partial charge in [0.25, 0.3) is 5.91 Å². The van der Waals surface area contributed by atoms with Crippen molar-refractivity contribution in [2.24, 2.45) is 5.92 Å². The van der Waals surface area contributed by atoms with E-state index in [1.165, 1.54) is 12.3 Å². The molecule has 0 aromatic carbocycles. The van der Waals surface area contributed by atoms with Gasteiger partial charge in [0.15, 0.2) is 5.82 Å². The van der Waals surface area contributed by atoms with Crippen molar-refractivity contribution in [2.75, 3.05) is 32.8 Å². The maximum atomic E-state index is 13.9. The number of nitrogens with zero attached hydrogens (tertiary/aromatic N) is 3. The lowest BCUT2D eigenvalue weighted by Crippen LogP contribution is -2.41. The Balaban J connectivity index is 0.000000339.